The van der Waals surface area contributed by atoms with E-state index in [9.17, 15) is 10.0 Å². The van der Waals surface area contributed by atoms with Crippen molar-refractivity contribution in [1.82, 2.24) is 9.96 Å². The maximum absolute atomic E-state index is 12.5. The van der Waals surface area contributed by atoms with Gasteiger partial charge in [-0.2, -0.15) is 0 Å². The standard InChI is InChI=1S/C14H19BrN2O2/c1-9(2)14(3)16(4)13(18)12(17(14)19)10-7-5-6-8-11(10)15/h5-9,12,19H,1-4H3/t12-,14-/m1/s1. The van der Waals surface area contributed by atoms with Gasteiger partial charge < -0.3 is 10.1 Å². The van der Waals surface area contributed by atoms with Crippen LogP contribution in [0.5, 0.6) is 0 Å². The summed E-state index contributed by atoms with van der Waals surface area (Å²) in [5.74, 6) is 0.0181. The molecular formula is C14H19BrN2O2. The molecule has 2 atom stereocenters. The van der Waals surface area contributed by atoms with Crippen LogP contribution in [0.1, 0.15) is 32.4 Å². The molecule has 1 aliphatic heterocycles. The zero-order valence-electron chi connectivity index (χ0n) is 11.6. The van der Waals surface area contributed by atoms with Crippen LogP contribution in [0, 0.1) is 5.92 Å². The number of hydroxylamine groups is 2. The lowest BCUT2D eigenvalue weighted by atomic mass is 9.97. The minimum absolute atomic E-state index is 0.0920. The van der Waals surface area contributed by atoms with Gasteiger partial charge >= 0.3 is 0 Å². The molecule has 1 aliphatic rings. The van der Waals surface area contributed by atoms with Gasteiger partial charge in [0.05, 0.1) is 0 Å². The molecule has 0 aromatic heterocycles. The van der Waals surface area contributed by atoms with Crippen molar-refractivity contribution in [2.45, 2.75) is 32.5 Å². The number of hydrogen-bond donors (Lipinski definition) is 1. The minimum Gasteiger partial charge on any atom is -0.323 e. The van der Waals surface area contributed by atoms with Crippen molar-refractivity contribution in [1.29, 1.82) is 0 Å². The van der Waals surface area contributed by atoms with E-state index in [4.69, 9.17) is 0 Å². The van der Waals surface area contributed by atoms with Gasteiger partial charge in [0.2, 0.25) is 5.91 Å². The van der Waals surface area contributed by atoms with Gasteiger partial charge in [-0.05, 0) is 24.5 Å². The fourth-order valence-corrected chi connectivity index (χ4v) is 3.04. The second kappa shape index (κ2) is 4.89. The van der Waals surface area contributed by atoms with E-state index in [1.165, 1.54) is 5.06 Å². The average molecular weight is 327 g/mol. The number of carbonyl (C=O) groups is 1. The third-order valence-electron chi connectivity index (χ3n) is 4.25. The summed E-state index contributed by atoms with van der Waals surface area (Å²) in [4.78, 5) is 14.1. The Labute approximate surface area is 122 Å². The molecule has 2 rings (SSSR count). The predicted octanol–water partition coefficient (Wildman–Crippen LogP) is 3.03. The van der Waals surface area contributed by atoms with E-state index < -0.39 is 11.7 Å². The number of carbonyl (C=O) groups excluding carboxylic acids is 1. The first-order valence-electron chi connectivity index (χ1n) is 6.32. The molecule has 0 spiro atoms. The number of hydrogen-bond acceptors (Lipinski definition) is 3. The molecule has 0 unspecified atom stereocenters. The lowest BCUT2D eigenvalue weighted by molar-refractivity contribution is -0.210. The summed E-state index contributed by atoms with van der Waals surface area (Å²) in [6.07, 6.45) is 0. The van der Waals surface area contributed by atoms with Crippen LogP contribution in [-0.2, 0) is 4.79 Å². The van der Waals surface area contributed by atoms with E-state index in [-0.39, 0.29) is 11.8 Å². The van der Waals surface area contributed by atoms with Gasteiger partial charge in [-0.1, -0.05) is 48.0 Å². The molecule has 1 fully saturated rings. The van der Waals surface area contributed by atoms with Gasteiger partial charge in [0.25, 0.3) is 0 Å². The van der Waals surface area contributed by atoms with Crippen molar-refractivity contribution in [3.63, 3.8) is 0 Å². The summed E-state index contributed by atoms with van der Waals surface area (Å²) in [6, 6.07) is 6.83. The van der Waals surface area contributed by atoms with E-state index in [1.54, 1.807) is 11.9 Å². The van der Waals surface area contributed by atoms with Crippen LogP contribution in [0.2, 0.25) is 0 Å². The molecule has 1 N–H and O–H groups in total. The zero-order valence-corrected chi connectivity index (χ0v) is 13.2. The lowest BCUT2D eigenvalue weighted by Crippen LogP contribution is -2.52. The molecule has 0 aliphatic carbocycles. The lowest BCUT2D eigenvalue weighted by Gasteiger charge is -2.39. The maximum Gasteiger partial charge on any atom is 0.248 e. The number of rotatable bonds is 2. The van der Waals surface area contributed by atoms with Gasteiger partial charge in [0, 0.05) is 11.5 Å². The van der Waals surface area contributed by atoms with Crippen molar-refractivity contribution < 1.29 is 10.0 Å². The summed E-state index contributed by atoms with van der Waals surface area (Å²) in [7, 11) is 1.74. The highest BCUT2D eigenvalue weighted by atomic mass is 79.9. The highest BCUT2D eigenvalue weighted by molar-refractivity contribution is 9.10. The fraction of sp³-hybridized carbons (Fsp3) is 0.500. The van der Waals surface area contributed by atoms with E-state index in [2.05, 4.69) is 15.9 Å². The molecule has 0 bridgehead atoms. The Bertz CT molecular complexity index is 506. The van der Waals surface area contributed by atoms with E-state index >= 15 is 0 Å². The first kappa shape index (κ1) is 14.5. The molecule has 0 saturated carbocycles. The third kappa shape index (κ3) is 2.00. The summed E-state index contributed by atoms with van der Waals surface area (Å²) in [5.41, 5.74) is 0.0862. The Kier molecular flexibility index (Phi) is 3.73. The van der Waals surface area contributed by atoms with Crippen LogP contribution >= 0.6 is 15.9 Å². The van der Waals surface area contributed by atoms with Gasteiger partial charge in [-0.15, -0.1) is 5.06 Å². The van der Waals surface area contributed by atoms with Crippen LogP contribution in [0.4, 0.5) is 0 Å². The van der Waals surface area contributed by atoms with Crippen molar-refractivity contribution in [2.24, 2.45) is 5.92 Å². The summed E-state index contributed by atoms with van der Waals surface area (Å²) >= 11 is 3.45. The molecule has 0 radical (unpaired) electrons. The molecule has 1 aromatic carbocycles. The highest BCUT2D eigenvalue weighted by Gasteiger charge is 2.54. The summed E-state index contributed by atoms with van der Waals surface area (Å²) in [6.45, 7) is 5.87. The number of likely N-dealkylation sites (N-methyl/N-ethyl adjacent to an activating group) is 1. The Morgan fingerprint density at radius 3 is 2.42 bits per heavy atom. The van der Waals surface area contributed by atoms with Gasteiger partial charge in [0.1, 0.15) is 11.7 Å². The van der Waals surface area contributed by atoms with Crippen LogP contribution in [0.25, 0.3) is 0 Å². The number of nitrogens with zero attached hydrogens (tertiary/aromatic N) is 2. The Balaban J connectivity index is 2.50. The molecule has 1 heterocycles. The van der Waals surface area contributed by atoms with Crippen molar-refractivity contribution in [2.75, 3.05) is 7.05 Å². The molecular weight excluding hydrogens is 308 g/mol. The molecule has 1 amide bonds. The van der Waals surface area contributed by atoms with E-state index in [1.807, 2.05) is 45.0 Å². The Morgan fingerprint density at radius 1 is 1.37 bits per heavy atom. The first-order valence-corrected chi connectivity index (χ1v) is 7.11. The average Bonchev–Trinajstić information content (AvgIpc) is 2.54. The second-order valence-electron chi connectivity index (χ2n) is 5.41. The van der Waals surface area contributed by atoms with Gasteiger partial charge in [0.15, 0.2) is 0 Å². The monoisotopic (exact) mass is 326 g/mol. The Hall–Kier alpha value is -0.910. The third-order valence-corrected chi connectivity index (χ3v) is 4.97. The first-order chi connectivity index (χ1) is 8.81. The van der Waals surface area contributed by atoms with Gasteiger partial charge in [-0.3, -0.25) is 4.79 Å². The Morgan fingerprint density at radius 2 is 1.95 bits per heavy atom. The quantitative estimate of drug-likeness (QED) is 0.908. The zero-order chi connectivity index (χ0) is 14.4. The smallest absolute Gasteiger partial charge is 0.248 e. The van der Waals surface area contributed by atoms with Crippen molar-refractivity contribution >= 4 is 21.8 Å². The molecule has 1 saturated heterocycles. The maximum atomic E-state index is 12.5. The van der Waals surface area contributed by atoms with E-state index in [0.29, 0.717) is 0 Å². The summed E-state index contributed by atoms with van der Waals surface area (Å²) in [5, 5.41) is 11.7. The fourth-order valence-electron chi connectivity index (χ4n) is 2.54. The predicted molar refractivity (Wildman–Crippen MR) is 76.5 cm³/mol. The number of benzene rings is 1. The van der Waals surface area contributed by atoms with Crippen molar-refractivity contribution in [3.8, 4) is 0 Å². The van der Waals surface area contributed by atoms with E-state index in [0.717, 1.165) is 10.0 Å². The molecule has 104 valence electrons. The summed E-state index contributed by atoms with van der Waals surface area (Å²) < 4.78 is 0.828. The minimum atomic E-state index is -0.697. The van der Waals surface area contributed by atoms with Gasteiger partial charge in [-0.25, -0.2) is 0 Å². The highest BCUT2D eigenvalue weighted by Crippen LogP contribution is 2.43. The normalized spacial score (nSPS) is 28.5. The number of halogens is 1. The van der Waals surface area contributed by atoms with Crippen molar-refractivity contribution in [3.05, 3.63) is 34.3 Å². The second-order valence-corrected chi connectivity index (χ2v) is 6.27. The topological polar surface area (TPSA) is 43.8 Å². The molecule has 1 aromatic rings. The molecule has 5 heteroatoms. The van der Waals surface area contributed by atoms with Crippen LogP contribution in [-0.4, -0.2) is 33.8 Å². The SMILES string of the molecule is CC(C)[C@]1(C)N(C)C(=O)[C@@H](c2ccccc2Br)N1O. The largest absolute Gasteiger partial charge is 0.323 e. The molecule has 4 nitrogen and oxygen atoms in total. The van der Waals surface area contributed by atoms with Crippen LogP contribution in [0.3, 0.4) is 0 Å². The van der Waals surface area contributed by atoms with Crippen LogP contribution in [0.15, 0.2) is 28.7 Å². The molecule has 19 heavy (non-hydrogen) atoms. The number of amides is 1. The van der Waals surface area contributed by atoms with Crippen LogP contribution < -0.4 is 0 Å².